The maximum absolute atomic E-state index is 12.7. The zero-order valence-corrected chi connectivity index (χ0v) is 20.7. The van der Waals surface area contributed by atoms with Crippen molar-refractivity contribution >= 4 is 5.97 Å². The largest absolute Gasteiger partial charge is 0.457 e. The first-order valence-electron chi connectivity index (χ1n) is 12.7. The molecule has 3 unspecified atom stereocenters. The summed E-state index contributed by atoms with van der Waals surface area (Å²) in [5, 5.41) is 32.7. The van der Waals surface area contributed by atoms with E-state index in [-0.39, 0.29) is 48.2 Å². The summed E-state index contributed by atoms with van der Waals surface area (Å²) in [6, 6.07) is 3.88. The number of hydrogen-bond donors (Lipinski definition) is 4. The van der Waals surface area contributed by atoms with Crippen molar-refractivity contribution in [2.45, 2.75) is 82.9 Å². The summed E-state index contributed by atoms with van der Waals surface area (Å²) in [5.41, 5.74) is 0.984. The number of aliphatic hydroxyl groups is 3. The van der Waals surface area contributed by atoms with E-state index < -0.39 is 36.0 Å². The number of H-pyrrole nitrogens is 1. The number of carbonyl (C=O) groups is 1. The molecule has 1 spiro atoms. The lowest BCUT2D eigenvalue weighted by Crippen LogP contribution is -2.57. The van der Waals surface area contributed by atoms with Crippen molar-refractivity contribution in [3.8, 4) is 0 Å². The van der Waals surface area contributed by atoms with Crippen LogP contribution < -0.4 is 0 Å². The van der Waals surface area contributed by atoms with E-state index in [1.807, 2.05) is 51.3 Å². The SMILES string of the molecule is C/C1=C\[C@@H](C)[C@@H](C(C)O)OC(=O)C(O)CC2C=C[C@H]3[C@H]4O[C@@]12[C@@H]3[C@H](O)[C@@H](C)[C@H]4OCc1ccc[nH]1. The summed E-state index contributed by atoms with van der Waals surface area (Å²) in [7, 11) is 0. The van der Waals surface area contributed by atoms with Gasteiger partial charge in [-0.25, -0.2) is 4.79 Å². The van der Waals surface area contributed by atoms with Crippen LogP contribution in [-0.2, 0) is 25.6 Å². The molecule has 4 aliphatic rings. The minimum absolute atomic E-state index is 0.0515. The zero-order chi connectivity index (χ0) is 25.1. The van der Waals surface area contributed by atoms with E-state index in [0.29, 0.717) is 6.61 Å². The van der Waals surface area contributed by atoms with Gasteiger partial charge in [-0.1, -0.05) is 32.1 Å². The van der Waals surface area contributed by atoms with E-state index in [1.165, 1.54) is 0 Å². The average Bonchev–Trinajstić information content (AvgIpc) is 3.39. The van der Waals surface area contributed by atoms with Crippen LogP contribution in [0.4, 0.5) is 0 Å². The monoisotopic (exact) mass is 487 g/mol. The Labute approximate surface area is 206 Å². The lowest BCUT2D eigenvalue weighted by Gasteiger charge is -2.48. The maximum atomic E-state index is 12.7. The molecule has 0 amide bonds. The van der Waals surface area contributed by atoms with Crippen LogP contribution in [0.25, 0.3) is 0 Å². The van der Waals surface area contributed by atoms with E-state index in [9.17, 15) is 20.1 Å². The minimum atomic E-state index is -1.36. The Hall–Kier alpha value is -1.97. The van der Waals surface area contributed by atoms with Crippen LogP contribution in [0.2, 0.25) is 0 Å². The summed E-state index contributed by atoms with van der Waals surface area (Å²) in [6.07, 6.45) is 3.70. The average molecular weight is 488 g/mol. The van der Waals surface area contributed by atoms with E-state index in [0.717, 1.165) is 11.3 Å². The first-order chi connectivity index (χ1) is 16.6. The van der Waals surface area contributed by atoms with Crippen molar-refractivity contribution in [1.29, 1.82) is 0 Å². The van der Waals surface area contributed by atoms with Gasteiger partial charge in [0.15, 0.2) is 6.10 Å². The number of rotatable bonds is 4. The molecule has 0 aromatic carbocycles. The lowest BCUT2D eigenvalue weighted by molar-refractivity contribution is -0.170. The molecule has 5 rings (SSSR count). The number of cyclic esters (lactones) is 1. The van der Waals surface area contributed by atoms with Gasteiger partial charge in [0.25, 0.3) is 0 Å². The van der Waals surface area contributed by atoms with Gasteiger partial charge >= 0.3 is 5.97 Å². The van der Waals surface area contributed by atoms with E-state index in [4.69, 9.17) is 14.2 Å². The van der Waals surface area contributed by atoms with E-state index in [1.54, 1.807) is 6.92 Å². The van der Waals surface area contributed by atoms with E-state index >= 15 is 0 Å². The number of aromatic nitrogens is 1. The Kier molecular flexibility index (Phi) is 6.47. The van der Waals surface area contributed by atoms with Crippen LogP contribution >= 0.6 is 0 Å². The van der Waals surface area contributed by atoms with Crippen molar-refractivity contribution in [1.82, 2.24) is 4.98 Å². The normalized spacial score (nSPS) is 47.4. The molecule has 192 valence electrons. The third-order valence-corrected chi connectivity index (χ3v) is 8.70. The molecule has 2 aliphatic heterocycles. The van der Waals surface area contributed by atoms with Crippen molar-refractivity contribution in [2.24, 2.45) is 29.6 Å². The molecule has 2 fully saturated rings. The Bertz CT molecular complexity index is 988. The Balaban J connectivity index is 1.55. The fourth-order valence-electron chi connectivity index (χ4n) is 7.04. The first-order valence-corrected chi connectivity index (χ1v) is 12.7. The second kappa shape index (κ2) is 9.16. The van der Waals surface area contributed by atoms with Gasteiger partial charge in [-0.15, -0.1) is 0 Å². The molecule has 0 radical (unpaired) electrons. The van der Waals surface area contributed by atoms with Gasteiger partial charge < -0.3 is 34.5 Å². The quantitative estimate of drug-likeness (QED) is 0.379. The second-order valence-corrected chi connectivity index (χ2v) is 10.9. The molecule has 8 nitrogen and oxygen atoms in total. The van der Waals surface area contributed by atoms with Gasteiger partial charge in [-0.3, -0.25) is 0 Å². The standard InChI is InChI=1S/C27H37NO7/c1-13-10-14(2)27-17(11-20(30)26(32)34-23(13)16(4)29)7-8-19-21(27)22(31)15(3)24(25(19)35-27)33-12-18-6-5-9-28-18/h5-10,13,15-17,19-25,28-31H,11-12H2,1-4H3/b14-10+/t13-,15-,16?,17?,19-,20?,21+,22-,23+,24-,25-,27+/m1/s1. The number of hydrogen-bond acceptors (Lipinski definition) is 7. The third-order valence-electron chi connectivity index (χ3n) is 8.70. The predicted octanol–water partition coefficient (Wildman–Crippen LogP) is 2.11. The van der Waals surface area contributed by atoms with Gasteiger partial charge in [0.2, 0.25) is 0 Å². The fraction of sp³-hybridized carbons (Fsp3) is 0.667. The molecular formula is C27H37NO7. The number of ether oxygens (including phenoxy) is 3. The molecule has 12 atom stereocenters. The molecule has 1 saturated heterocycles. The molecule has 1 aromatic heterocycles. The zero-order valence-electron chi connectivity index (χ0n) is 20.7. The van der Waals surface area contributed by atoms with Crippen LogP contribution in [0.5, 0.6) is 0 Å². The minimum Gasteiger partial charge on any atom is -0.457 e. The van der Waals surface area contributed by atoms with Gasteiger partial charge in [0, 0.05) is 41.5 Å². The molecule has 4 bridgehead atoms. The van der Waals surface area contributed by atoms with E-state index in [2.05, 4.69) is 11.1 Å². The number of carbonyl (C=O) groups excluding carboxylic acids is 1. The summed E-state index contributed by atoms with van der Waals surface area (Å²) in [5.74, 6) is -1.84. The molecule has 1 saturated carbocycles. The van der Waals surface area contributed by atoms with Gasteiger partial charge in [-0.2, -0.15) is 0 Å². The highest BCUT2D eigenvalue weighted by molar-refractivity contribution is 5.74. The molecule has 35 heavy (non-hydrogen) atoms. The number of esters is 1. The van der Waals surface area contributed by atoms with Crippen molar-refractivity contribution in [3.63, 3.8) is 0 Å². The summed E-state index contributed by atoms with van der Waals surface area (Å²) >= 11 is 0. The Morgan fingerprint density at radius 3 is 2.74 bits per heavy atom. The summed E-state index contributed by atoms with van der Waals surface area (Å²) < 4.78 is 18.8. The Morgan fingerprint density at radius 2 is 2.06 bits per heavy atom. The third kappa shape index (κ3) is 3.90. The van der Waals surface area contributed by atoms with Crippen molar-refractivity contribution in [2.75, 3.05) is 0 Å². The molecular weight excluding hydrogens is 450 g/mol. The molecule has 3 heterocycles. The predicted molar refractivity (Wildman–Crippen MR) is 127 cm³/mol. The molecule has 4 N–H and O–H groups in total. The number of aliphatic hydroxyl groups excluding tert-OH is 3. The fourth-order valence-corrected chi connectivity index (χ4v) is 7.04. The molecule has 2 aliphatic carbocycles. The van der Waals surface area contributed by atoms with Gasteiger partial charge in [0.05, 0.1) is 31.0 Å². The highest BCUT2D eigenvalue weighted by atomic mass is 16.6. The van der Waals surface area contributed by atoms with Crippen molar-refractivity contribution < 1.29 is 34.3 Å². The lowest BCUT2D eigenvalue weighted by atomic mass is 9.57. The van der Waals surface area contributed by atoms with Crippen molar-refractivity contribution in [3.05, 3.63) is 47.8 Å². The van der Waals surface area contributed by atoms with Crippen LogP contribution in [0, 0.1) is 29.6 Å². The maximum Gasteiger partial charge on any atom is 0.335 e. The second-order valence-electron chi connectivity index (χ2n) is 10.9. The first kappa shape index (κ1) is 24.7. The summed E-state index contributed by atoms with van der Waals surface area (Å²) in [6.45, 7) is 7.83. The van der Waals surface area contributed by atoms with Crippen LogP contribution in [0.1, 0.15) is 39.8 Å². The Morgan fingerprint density at radius 1 is 1.29 bits per heavy atom. The van der Waals surface area contributed by atoms with Crippen LogP contribution in [0.15, 0.2) is 42.1 Å². The van der Waals surface area contributed by atoms with Crippen LogP contribution in [-0.4, -0.2) is 68.5 Å². The summed E-state index contributed by atoms with van der Waals surface area (Å²) in [4.78, 5) is 15.9. The highest BCUT2D eigenvalue weighted by Crippen LogP contribution is 2.61. The molecule has 8 heteroatoms. The number of nitrogens with one attached hydrogen (secondary N) is 1. The topological polar surface area (TPSA) is 121 Å². The van der Waals surface area contributed by atoms with Crippen LogP contribution in [0.3, 0.4) is 0 Å². The highest BCUT2D eigenvalue weighted by Gasteiger charge is 2.68. The smallest absolute Gasteiger partial charge is 0.335 e. The number of aromatic amines is 1. The van der Waals surface area contributed by atoms with Gasteiger partial charge in [-0.05, 0) is 38.0 Å². The van der Waals surface area contributed by atoms with Gasteiger partial charge in [0.1, 0.15) is 11.7 Å². The molecule has 1 aromatic rings.